The lowest BCUT2D eigenvalue weighted by Crippen LogP contribution is -2.05. The SMILES string of the molecule is CC#Cc1[nH]nc2nc[nH]c(=O)c12. The van der Waals surface area contributed by atoms with Gasteiger partial charge in [-0.25, -0.2) is 4.98 Å². The molecule has 0 aliphatic heterocycles. The molecule has 0 fully saturated rings. The summed E-state index contributed by atoms with van der Waals surface area (Å²) in [6, 6.07) is 0. The molecular weight excluding hydrogens is 168 g/mol. The first kappa shape index (κ1) is 7.55. The summed E-state index contributed by atoms with van der Waals surface area (Å²) in [4.78, 5) is 17.7. The van der Waals surface area contributed by atoms with E-state index in [0.29, 0.717) is 16.7 Å². The normalized spacial score (nSPS) is 9.62. The third-order valence-corrected chi connectivity index (χ3v) is 1.61. The average molecular weight is 174 g/mol. The molecule has 0 spiro atoms. The van der Waals surface area contributed by atoms with Crippen molar-refractivity contribution in [3.63, 3.8) is 0 Å². The number of nitrogens with zero attached hydrogens (tertiary/aromatic N) is 2. The number of aromatic amines is 2. The molecule has 0 unspecified atom stereocenters. The van der Waals surface area contributed by atoms with Crippen molar-refractivity contribution in [1.29, 1.82) is 0 Å². The maximum atomic E-state index is 11.3. The summed E-state index contributed by atoms with van der Waals surface area (Å²) in [5.41, 5.74) is 0.671. The van der Waals surface area contributed by atoms with Crippen LogP contribution in [0.3, 0.4) is 0 Å². The molecule has 5 nitrogen and oxygen atoms in total. The first-order valence-electron chi connectivity index (χ1n) is 3.67. The zero-order chi connectivity index (χ0) is 9.26. The molecule has 0 aliphatic rings. The van der Waals surface area contributed by atoms with Crippen molar-refractivity contribution < 1.29 is 0 Å². The van der Waals surface area contributed by atoms with E-state index in [0.717, 1.165) is 0 Å². The highest BCUT2D eigenvalue weighted by Gasteiger charge is 2.06. The fourth-order valence-electron chi connectivity index (χ4n) is 1.08. The van der Waals surface area contributed by atoms with Crippen LogP contribution in [0.1, 0.15) is 12.6 Å². The lowest BCUT2D eigenvalue weighted by molar-refractivity contribution is 1.07. The summed E-state index contributed by atoms with van der Waals surface area (Å²) >= 11 is 0. The summed E-state index contributed by atoms with van der Waals surface area (Å²) in [6.45, 7) is 1.69. The van der Waals surface area contributed by atoms with Gasteiger partial charge in [-0.05, 0) is 12.8 Å². The lowest BCUT2D eigenvalue weighted by Gasteiger charge is -1.84. The molecule has 0 aliphatic carbocycles. The molecule has 64 valence electrons. The Kier molecular flexibility index (Phi) is 1.60. The molecule has 13 heavy (non-hydrogen) atoms. The van der Waals surface area contributed by atoms with E-state index in [-0.39, 0.29) is 5.56 Å². The van der Waals surface area contributed by atoms with Crippen LogP contribution >= 0.6 is 0 Å². The molecule has 0 saturated heterocycles. The Hall–Kier alpha value is -2.09. The molecular formula is C8H6N4O. The van der Waals surface area contributed by atoms with Gasteiger partial charge in [0.15, 0.2) is 5.65 Å². The molecule has 0 aromatic carbocycles. The molecule has 0 radical (unpaired) electrons. The maximum Gasteiger partial charge on any atom is 0.263 e. The Morgan fingerprint density at radius 1 is 1.54 bits per heavy atom. The van der Waals surface area contributed by atoms with Crippen molar-refractivity contribution in [1.82, 2.24) is 20.2 Å². The van der Waals surface area contributed by atoms with Gasteiger partial charge < -0.3 is 4.98 Å². The molecule has 2 rings (SSSR count). The molecule has 5 heteroatoms. The van der Waals surface area contributed by atoms with Crippen LogP contribution < -0.4 is 5.56 Å². The molecule has 2 heterocycles. The predicted molar refractivity (Wildman–Crippen MR) is 47.1 cm³/mol. The highest BCUT2D eigenvalue weighted by atomic mass is 16.1. The minimum absolute atomic E-state index is 0.225. The molecule has 2 N–H and O–H groups in total. The van der Waals surface area contributed by atoms with Crippen molar-refractivity contribution in [2.75, 3.05) is 0 Å². The number of nitrogens with one attached hydrogen (secondary N) is 2. The van der Waals surface area contributed by atoms with Gasteiger partial charge in [-0.15, -0.1) is 0 Å². The monoisotopic (exact) mass is 174 g/mol. The number of rotatable bonds is 0. The van der Waals surface area contributed by atoms with Crippen LogP contribution in [-0.4, -0.2) is 20.2 Å². The number of hydrogen-bond acceptors (Lipinski definition) is 3. The van der Waals surface area contributed by atoms with Crippen LogP contribution in [0.25, 0.3) is 11.0 Å². The fourth-order valence-corrected chi connectivity index (χ4v) is 1.08. The van der Waals surface area contributed by atoms with Crippen molar-refractivity contribution >= 4 is 11.0 Å². The minimum atomic E-state index is -0.225. The molecule has 2 aromatic heterocycles. The van der Waals surface area contributed by atoms with E-state index in [1.165, 1.54) is 6.33 Å². The predicted octanol–water partition coefficient (Wildman–Crippen LogP) is 0.0176. The molecule has 2 aromatic rings. The molecule has 0 atom stereocenters. The van der Waals surface area contributed by atoms with Gasteiger partial charge in [-0.3, -0.25) is 9.89 Å². The Morgan fingerprint density at radius 2 is 2.38 bits per heavy atom. The first-order valence-corrected chi connectivity index (χ1v) is 3.67. The smallest absolute Gasteiger partial charge is 0.263 e. The quantitative estimate of drug-likeness (QED) is 0.553. The van der Waals surface area contributed by atoms with Crippen molar-refractivity contribution in [2.45, 2.75) is 6.92 Å². The third kappa shape index (κ3) is 1.08. The van der Waals surface area contributed by atoms with Crippen LogP contribution in [0.4, 0.5) is 0 Å². The molecule has 0 bridgehead atoms. The number of aromatic nitrogens is 4. The average Bonchev–Trinajstić information content (AvgIpc) is 2.51. The summed E-state index contributed by atoms with van der Waals surface area (Å²) < 4.78 is 0. The molecule has 0 amide bonds. The zero-order valence-electron chi connectivity index (χ0n) is 6.88. The number of fused-ring (bicyclic) bond motifs is 1. The summed E-state index contributed by atoms with van der Waals surface area (Å²) in [7, 11) is 0. The van der Waals surface area contributed by atoms with Crippen LogP contribution in [0.5, 0.6) is 0 Å². The van der Waals surface area contributed by atoms with Gasteiger partial charge in [0, 0.05) is 0 Å². The van der Waals surface area contributed by atoms with E-state index in [9.17, 15) is 4.79 Å². The second kappa shape index (κ2) is 2.75. The topological polar surface area (TPSA) is 74.4 Å². The summed E-state index contributed by atoms with van der Waals surface area (Å²) in [6.07, 6.45) is 1.31. The maximum absolute atomic E-state index is 11.3. The van der Waals surface area contributed by atoms with E-state index < -0.39 is 0 Å². The number of H-pyrrole nitrogens is 2. The standard InChI is InChI=1S/C8H6N4O/c1-2-3-5-6-7(12-11-5)9-4-10-8(6)13/h4H,1H3,(H2,9,10,11,12,13). The highest BCUT2D eigenvalue weighted by Crippen LogP contribution is 2.05. The zero-order valence-corrected chi connectivity index (χ0v) is 6.88. The number of hydrogen-bond donors (Lipinski definition) is 2. The van der Waals surface area contributed by atoms with Gasteiger partial charge in [0.05, 0.1) is 6.33 Å². The van der Waals surface area contributed by atoms with Crippen LogP contribution in [0.2, 0.25) is 0 Å². The van der Waals surface area contributed by atoms with E-state index in [4.69, 9.17) is 0 Å². The van der Waals surface area contributed by atoms with Crippen LogP contribution in [-0.2, 0) is 0 Å². The summed E-state index contributed by atoms with van der Waals surface area (Å²) in [5.74, 6) is 5.43. The van der Waals surface area contributed by atoms with Crippen molar-refractivity contribution in [3.8, 4) is 11.8 Å². The van der Waals surface area contributed by atoms with Gasteiger partial charge in [0.2, 0.25) is 0 Å². The Labute approximate surface area is 73.2 Å². The fraction of sp³-hybridized carbons (Fsp3) is 0.125. The largest absolute Gasteiger partial charge is 0.312 e. The van der Waals surface area contributed by atoms with E-state index in [1.54, 1.807) is 6.92 Å². The second-order valence-electron chi connectivity index (χ2n) is 2.40. The lowest BCUT2D eigenvalue weighted by atomic mass is 10.3. The second-order valence-corrected chi connectivity index (χ2v) is 2.40. The van der Waals surface area contributed by atoms with E-state index in [2.05, 4.69) is 32.0 Å². The minimum Gasteiger partial charge on any atom is -0.312 e. The van der Waals surface area contributed by atoms with Crippen LogP contribution in [0.15, 0.2) is 11.1 Å². The van der Waals surface area contributed by atoms with Gasteiger partial charge in [-0.1, -0.05) is 5.92 Å². The Morgan fingerprint density at radius 3 is 3.15 bits per heavy atom. The van der Waals surface area contributed by atoms with Gasteiger partial charge >= 0.3 is 0 Å². The third-order valence-electron chi connectivity index (χ3n) is 1.61. The highest BCUT2D eigenvalue weighted by molar-refractivity contribution is 5.79. The molecule has 0 saturated carbocycles. The summed E-state index contributed by atoms with van der Waals surface area (Å²) in [5, 5.41) is 6.90. The Balaban J connectivity index is 2.92. The van der Waals surface area contributed by atoms with E-state index in [1.807, 2.05) is 0 Å². The van der Waals surface area contributed by atoms with Gasteiger partial charge in [-0.2, -0.15) is 5.10 Å². The van der Waals surface area contributed by atoms with Crippen LogP contribution in [0, 0.1) is 11.8 Å². The Bertz CT molecular complexity index is 555. The first-order chi connectivity index (χ1) is 6.33. The van der Waals surface area contributed by atoms with Crippen molar-refractivity contribution in [3.05, 3.63) is 22.4 Å². The van der Waals surface area contributed by atoms with Crippen molar-refractivity contribution in [2.24, 2.45) is 0 Å². The van der Waals surface area contributed by atoms with E-state index >= 15 is 0 Å². The van der Waals surface area contributed by atoms with Gasteiger partial charge in [0.1, 0.15) is 11.1 Å². The van der Waals surface area contributed by atoms with Gasteiger partial charge in [0.25, 0.3) is 5.56 Å².